The van der Waals surface area contributed by atoms with Gasteiger partial charge in [0.1, 0.15) is 5.75 Å². The first-order valence-electron chi connectivity index (χ1n) is 12.6. The quantitative estimate of drug-likeness (QED) is 0.260. The van der Waals surface area contributed by atoms with Crippen molar-refractivity contribution in [2.45, 2.75) is 38.5 Å². The molecule has 4 heterocycles. The van der Waals surface area contributed by atoms with Gasteiger partial charge < -0.3 is 9.84 Å². The van der Waals surface area contributed by atoms with Crippen LogP contribution in [0.5, 0.6) is 17.5 Å². The smallest absolute Gasteiger partial charge is 0.243 e. The van der Waals surface area contributed by atoms with Crippen molar-refractivity contribution in [2.75, 3.05) is 0 Å². The van der Waals surface area contributed by atoms with Gasteiger partial charge in [-0.2, -0.15) is 4.98 Å². The maximum Gasteiger partial charge on any atom is 0.243 e. The molecule has 182 valence electrons. The van der Waals surface area contributed by atoms with Gasteiger partial charge in [-0.15, -0.1) is 0 Å². The Labute approximate surface area is 215 Å². The number of para-hydroxylation sites is 1. The van der Waals surface area contributed by atoms with Crippen LogP contribution < -0.4 is 4.74 Å². The van der Waals surface area contributed by atoms with Gasteiger partial charge in [0.15, 0.2) is 5.65 Å². The Kier molecular flexibility index (Phi) is 4.33. The minimum Gasteiger partial charge on any atom is -0.507 e. The van der Waals surface area contributed by atoms with Crippen LogP contribution in [0.4, 0.5) is 0 Å². The van der Waals surface area contributed by atoms with Gasteiger partial charge in [0, 0.05) is 27.8 Å². The van der Waals surface area contributed by atoms with Crippen LogP contribution in [0.3, 0.4) is 0 Å². The fourth-order valence-electron chi connectivity index (χ4n) is 5.88. The van der Waals surface area contributed by atoms with Gasteiger partial charge in [0.05, 0.1) is 22.3 Å². The number of benzene rings is 3. The number of phenols is 1. The molecule has 5 heteroatoms. The number of aromatic nitrogens is 3. The number of rotatable bonds is 3. The Morgan fingerprint density at radius 2 is 1.46 bits per heavy atom. The number of imidazole rings is 1. The number of phenolic OH excluding ortho intramolecular Hbond substituents is 1. The molecule has 0 saturated carbocycles. The lowest BCUT2D eigenvalue weighted by Crippen LogP contribution is -2.44. The number of hydrogen-bond acceptors (Lipinski definition) is 4. The third-order valence-electron chi connectivity index (χ3n) is 8.48. The summed E-state index contributed by atoms with van der Waals surface area (Å²) < 4.78 is 8.72. The summed E-state index contributed by atoms with van der Waals surface area (Å²) in [6.07, 6.45) is 0. The molecule has 5 nitrogen and oxygen atoms in total. The Bertz CT molecular complexity index is 1870. The summed E-state index contributed by atoms with van der Waals surface area (Å²) in [5.74, 6) is 1.21. The lowest BCUT2D eigenvalue weighted by molar-refractivity contribution is 0.278. The second-order valence-corrected chi connectivity index (χ2v) is 10.9. The highest BCUT2D eigenvalue weighted by atomic mass is 16.5. The average molecular weight is 486 g/mol. The topological polar surface area (TPSA) is 59.7 Å². The van der Waals surface area contributed by atoms with Crippen LogP contribution in [0.15, 0.2) is 84.9 Å². The van der Waals surface area contributed by atoms with Crippen LogP contribution in [0.1, 0.15) is 39.0 Å². The molecule has 1 aliphatic heterocycles. The van der Waals surface area contributed by atoms with Crippen molar-refractivity contribution in [1.29, 1.82) is 0 Å². The third kappa shape index (κ3) is 2.85. The molecule has 0 amide bonds. The van der Waals surface area contributed by atoms with Gasteiger partial charge >= 0.3 is 0 Å². The monoisotopic (exact) mass is 485 g/mol. The molecule has 0 fully saturated rings. The first-order valence-corrected chi connectivity index (χ1v) is 12.6. The number of hydrogen-bond donors (Lipinski definition) is 1. The number of nitrogens with zero attached hydrogens (tertiary/aromatic N) is 3. The zero-order chi connectivity index (χ0) is 25.5. The van der Waals surface area contributed by atoms with Gasteiger partial charge in [0.25, 0.3) is 0 Å². The minimum absolute atomic E-state index is 0.208. The maximum atomic E-state index is 11.0. The first kappa shape index (κ1) is 21.9. The van der Waals surface area contributed by atoms with Crippen molar-refractivity contribution in [3.8, 4) is 28.8 Å². The Morgan fingerprint density at radius 3 is 2.27 bits per heavy atom. The summed E-state index contributed by atoms with van der Waals surface area (Å²) in [6, 6.07) is 28.0. The molecular formula is C32H27N3O2. The highest BCUT2D eigenvalue weighted by Gasteiger charge is 2.48. The molecule has 0 unspecified atom stereocenters. The van der Waals surface area contributed by atoms with Gasteiger partial charge in [-0.05, 0) is 23.1 Å². The van der Waals surface area contributed by atoms with E-state index >= 15 is 0 Å². The summed E-state index contributed by atoms with van der Waals surface area (Å²) in [5, 5.41) is 13.8. The fraction of sp³-hybridized carbons (Fsp3) is 0.188. The Balaban J connectivity index is 1.56. The lowest BCUT2D eigenvalue weighted by Gasteiger charge is -2.45. The lowest BCUT2D eigenvalue weighted by atomic mass is 9.60. The molecule has 1 aliphatic rings. The number of pyridine rings is 2. The molecular weight excluding hydrogens is 458 g/mol. The van der Waals surface area contributed by atoms with Crippen LogP contribution in [-0.2, 0) is 10.8 Å². The van der Waals surface area contributed by atoms with E-state index in [9.17, 15) is 5.11 Å². The van der Waals surface area contributed by atoms with E-state index in [1.54, 1.807) is 6.07 Å². The first-order chi connectivity index (χ1) is 17.8. The van der Waals surface area contributed by atoms with E-state index in [1.807, 2.05) is 54.6 Å². The molecule has 3 aromatic heterocycles. The largest absolute Gasteiger partial charge is 0.507 e. The van der Waals surface area contributed by atoms with Crippen molar-refractivity contribution in [3.63, 3.8) is 0 Å². The standard InChI is InChI=1S/C32H27N3O2/c1-31(2)22-15-8-14-21-20-13-9-17-24(36)26(20)29-34-30(28(32(31,3)4)35(29)27(21)22)37-25-18-10-16-23(33-25)19-11-6-5-7-12-19/h5-18,36H,1-4H3. The molecule has 0 atom stereocenters. The van der Waals surface area contributed by atoms with Crippen molar-refractivity contribution in [1.82, 2.24) is 14.4 Å². The summed E-state index contributed by atoms with van der Waals surface area (Å²) in [5.41, 5.74) is 5.36. The fourth-order valence-corrected chi connectivity index (χ4v) is 5.88. The van der Waals surface area contributed by atoms with Crippen LogP contribution in [-0.4, -0.2) is 19.5 Å². The van der Waals surface area contributed by atoms with Crippen LogP contribution in [0.2, 0.25) is 0 Å². The molecule has 37 heavy (non-hydrogen) atoms. The molecule has 3 aromatic carbocycles. The van der Waals surface area contributed by atoms with E-state index in [0.29, 0.717) is 17.4 Å². The predicted molar refractivity (Wildman–Crippen MR) is 148 cm³/mol. The Hall–Kier alpha value is -4.38. The molecule has 0 bridgehead atoms. The third-order valence-corrected chi connectivity index (χ3v) is 8.48. The number of aromatic hydroxyl groups is 1. The van der Waals surface area contributed by atoms with E-state index < -0.39 is 0 Å². The summed E-state index contributed by atoms with van der Waals surface area (Å²) in [7, 11) is 0. The van der Waals surface area contributed by atoms with E-state index in [4.69, 9.17) is 14.7 Å². The van der Waals surface area contributed by atoms with Gasteiger partial charge in [-0.1, -0.05) is 94.4 Å². The van der Waals surface area contributed by atoms with E-state index in [-0.39, 0.29) is 16.6 Å². The molecule has 0 aliphatic carbocycles. The van der Waals surface area contributed by atoms with E-state index in [1.165, 1.54) is 5.56 Å². The zero-order valence-electron chi connectivity index (χ0n) is 21.3. The van der Waals surface area contributed by atoms with E-state index in [2.05, 4.69) is 56.4 Å². The molecule has 6 aromatic rings. The van der Waals surface area contributed by atoms with Crippen molar-refractivity contribution < 1.29 is 9.84 Å². The van der Waals surface area contributed by atoms with Crippen LogP contribution in [0.25, 0.3) is 38.6 Å². The van der Waals surface area contributed by atoms with Gasteiger partial charge in [-0.25, -0.2) is 4.98 Å². The highest BCUT2D eigenvalue weighted by Crippen LogP contribution is 2.54. The van der Waals surface area contributed by atoms with E-state index in [0.717, 1.165) is 38.6 Å². The van der Waals surface area contributed by atoms with Crippen LogP contribution >= 0.6 is 0 Å². The zero-order valence-corrected chi connectivity index (χ0v) is 21.3. The highest BCUT2D eigenvalue weighted by molar-refractivity contribution is 6.15. The SMILES string of the molecule is CC1(C)c2cccc3c4cccc(O)c4c4nc(Oc5cccc(-c6ccccc6)n5)c(n4c23)C1(C)C. The average Bonchev–Trinajstić information content (AvgIpc) is 3.28. The number of fused-ring (bicyclic) bond motifs is 3. The van der Waals surface area contributed by atoms with Gasteiger partial charge in [-0.3, -0.25) is 4.40 Å². The molecule has 0 spiro atoms. The Morgan fingerprint density at radius 1 is 0.730 bits per heavy atom. The summed E-state index contributed by atoms with van der Waals surface area (Å²) in [6.45, 7) is 9.06. The predicted octanol–water partition coefficient (Wildman–Crippen LogP) is 7.77. The maximum absolute atomic E-state index is 11.0. The van der Waals surface area contributed by atoms with Crippen molar-refractivity contribution in [3.05, 3.63) is 96.2 Å². The second-order valence-electron chi connectivity index (χ2n) is 10.9. The minimum atomic E-state index is -0.335. The number of ether oxygens (including phenoxy) is 1. The van der Waals surface area contributed by atoms with Crippen LogP contribution in [0, 0.1) is 0 Å². The summed E-state index contributed by atoms with van der Waals surface area (Å²) >= 11 is 0. The molecule has 7 rings (SSSR count). The van der Waals surface area contributed by atoms with Crippen molar-refractivity contribution in [2.24, 2.45) is 0 Å². The summed E-state index contributed by atoms with van der Waals surface area (Å²) in [4.78, 5) is 9.86. The van der Waals surface area contributed by atoms with Gasteiger partial charge in [0.2, 0.25) is 11.8 Å². The van der Waals surface area contributed by atoms with Crippen molar-refractivity contribution >= 4 is 27.3 Å². The second kappa shape index (κ2) is 7.32. The molecule has 0 saturated heterocycles. The molecule has 1 N–H and O–H groups in total. The molecule has 0 radical (unpaired) electrons. The normalized spacial score (nSPS) is 15.6.